The van der Waals surface area contributed by atoms with Crippen molar-refractivity contribution in [1.29, 1.82) is 10.5 Å². The number of nitrogens with zero attached hydrogens (tertiary/aromatic N) is 2. The van der Waals surface area contributed by atoms with Crippen molar-refractivity contribution in [2.75, 3.05) is 0 Å². The van der Waals surface area contributed by atoms with Gasteiger partial charge in [0.25, 0.3) is 0 Å². The Balaban J connectivity index is 2.82. The molecule has 0 heterocycles. The Labute approximate surface area is 111 Å². The summed E-state index contributed by atoms with van der Waals surface area (Å²) >= 11 is 0. The highest BCUT2D eigenvalue weighted by molar-refractivity contribution is 5.84. The van der Waals surface area contributed by atoms with Gasteiger partial charge in [-0.2, -0.15) is 10.5 Å². The van der Waals surface area contributed by atoms with Gasteiger partial charge in [-0.15, -0.1) is 0 Å². The minimum Gasteiger partial charge on any atom is -0.423 e. The van der Waals surface area contributed by atoms with Gasteiger partial charge >= 0.3 is 5.97 Å². The fraction of sp³-hybridized carbons (Fsp3) is 0.133. The van der Waals surface area contributed by atoms with Gasteiger partial charge in [-0.3, -0.25) is 0 Å². The van der Waals surface area contributed by atoms with E-state index in [4.69, 9.17) is 15.3 Å². The molecular formula is C15H12N2O2. The Hall–Kier alpha value is -2.85. The molecule has 4 nitrogen and oxygen atoms in total. The zero-order valence-electron chi connectivity index (χ0n) is 10.7. The van der Waals surface area contributed by atoms with E-state index in [1.54, 1.807) is 50.3 Å². The Morgan fingerprint density at radius 1 is 1.16 bits per heavy atom. The van der Waals surface area contributed by atoms with E-state index < -0.39 is 5.97 Å². The van der Waals surface area contributed by atoms with Gasteiger partial charge in [0, 0.05) is 6.08 Å². The summed E-state index contributed by atoms with van der Waals surface area (Å²) in [6.45, 7) is 3.61. The molecule has 0 saturated heterocycles. The molecule has 4 heteroatoms. The van der Waals surface area contributed by atoms with Crippen molar-refractivity contribution in [2.24, 2.45) is 0 Å². The summed E-state index contributed by atoms with van der Waals surface area (Å²) in [7, 11) is 0. The monoisotopic (exact) mass is 252 g/mol. The van der Waals surface area contributed by atoms with Crippen molar-refractivity contribution < 1.29 is 9.53 Å². The topological polar surface area (TPSA) is 73.9 Å². The second-order valence-corrected chi connectivity index (χ2v) is 3.99. The lowest BCUT2D eigenvalue weighted by Gasteiger charge is -2.02. The van der Waals surface area contributed by atoms with Crippen LogP contribution in [0.3, 0.4) is 0 Å². The summed E-state index contributed by atoms with van der Waals surface area (Å²) in [5.74, 6) is -0.0202. The van der Waals surface area contributed by atoms with Gasteiger partial charge in [-0.1, -0.05) is 17.7 Å². The molecule has 0 radical (unpaired) electrons. The number of hydrogen-bond acceptors (Lipinski definition) is 4. The molecule has 0 aliphatic rings. The minimum atomic E-state index is -0.432. The average Bonchev–Trinajstić information content (AvgIpc) is 2.37. The number of allylic oxidation sites excluding steroid dienone is 2. The highest BCUT2D eigenvalue weighted by atomic mass is 16.5. The van der Waals surface area contributed by atoms with Crippen LogP contribution in [0.25, 0.3) is 6.08 Å². The van der Waals surface area contributed by atoms with E-state index in [2.05, 4.69) is 0 Å². The predicted molar refractivity (Wildman–Crippen MR) is 70.7 cm³/mol. The smallest absolute Gasteiger partial charge is 0.336 e. The molecular weight excluding hydrogens is 240 g/mol. The molecule has 0 atom stereocenters. The Morgan fingerprint density at radius 2 is 1.74 bits per heavy atom. The van der Waals surface area contributed by atoms with Crippen molar-refractivity contribution in [1.82, 2.24) is 0 Å². The highest BCUT2D eigenvalue weighted by Gasteiger charge is 2.01. The highest BCUT2D eigenvalue weighted by Crippen LogP contribution is 2.15. The minimum absolute atomic E-state index is 0.0225. The van der Waals surface area contributed by atoms with Crippen LogP contribution >= 0.6 is 0 Å². The van der Waals surface area contributed by atoms with Crippen molar-refractivity contribution >= 4 is 12.0 Å². The maximum atomic E-state index is 11.4. The normalized spacial score (nSPS) is 8.63. The number of carbonyl (C=O) groups is 1. The first-order valence-corrected chi connectivity index (χ1v) is 5.54. The van der Waals surface area contributed by atoms with Crippen LogP contribution in [-0.2, 0) is 4.79 Å². The van der Waals surface area contributed by atoms with Crippen LogP contribution in [0.4, 0.5) is 0 Å². The van der Waals surface area contributed by atoms with Crippen LogP contribution < -0.4 is 4.74 Å². The fourth-order valence-electron chi connectivity index (χ4n) is 1.27. The predicted octanol–water partition coefficient (Wildman–Crippen LogP) is 2.99. The third-order valence-corrected chi connectivity index (χ3v) is 2.06. The maximum absolute atomic E-state index is 11.4. The summed E-state index contributed by atoms with van der Waals surface area (Å²) in [6, 6.07) is 10.1. The maximum Gasteiger partial charge on any atom is 0.336 e. The molecule has 0 amide bonds. The Kier molecular flexibility index (Phi) is 5.07. The Morgan fingerprint density at radius 3 is 2.21 bits per heavy atom. The third kappa shape index (κ3) is 4.89. The molecule has 0 saturated carbocycles. The van der Waals surface area contributed by atoms with Crippen LogP contribution in [0.1, 0.15) is 19.4 Å². The first-order chi connectivity index (χ1) is 9.05. The van der Waals surface area contributed by atoms with Crippen LogP contribution in [0.5, 0.6) is 5.75 Å². The lowest BCUT2D eigenvalue weighted by molar-refractivity contribution is -0.129. The zero-order valence-corrected chi connectivity index (χ0v) is 10.7. The SMILES string of the molecule is CC(C)=CC(=O)Oc1ccc(C=C(C#N)C#N)cc1. The standard InChI is InChI=1S/C15H12N2O2/c1-11(2)7-15(18)19-14-5-3-12(4-6-14)8-13(9-16)10-17/h3-8H,1-2H3. The van der Waals surface area contributed by atoms with Gasteiger partial charge < -0.3 is 4.74 Å². The van der Waals surface area contributed by atoms with Crippen LogP contribution in [-0.4, -0.2) is 5.97 Å². The van der Waals surface area contributed by atoms with Gasteiger partial charge in [0.15, 0.2) is 0 Å². The van der Waals surface area contributed by atoms with E-state index in [-0.39, 0.29) is 5.57 Å². The molecule has 0 spiro atoms. The zero-order chi connectivity index (χ0) is 14.3. The quantitative estimate of drug-likeness (QED) is 0.358. The largest absolute Gasteiger partial charge is 0.423 e. The molecule has 0 aromatic heterocycles. The van der Waals surface area contributed by atoms with Gasteiger partial charge in [0.05, 0.1) is 0 Å². The lowest BCUT2D eigenvalue weighted by atomic mass is 10.1. The molecule has 0 unspecified atom stereocenters. The average molecular weight is 252 g/mol. The molecule has 0 aliphatic heterocycles. The van der Waals surface area contributed by atoms with Gasteiger partial charge in [0.2, 0.25) is 0 Å². The molecule has 94 valence electrons. The molecule has 0 fully saturated rings. The molecule has 1 aromatic carbocycles. The van der Waals surface area contributed by atoms with Gasteiger partial charge in [0.1, 0.15) is 23.5 Å². The van der Waals surface area contributed by atoms with Crippen LogP contribution in [0.2, 0.25) is 0 Å². The van der Waals surface area contributed by atoms with Crippen molar-refractivity contribution in [3.8, 4) is 17.9 Å². The lowest BCUT2D eigenvalue weighted by Crippen LogP contribution is -2.04. The summed E-state index contributed by atoms with van der Waals surface area (Å²) in [4.78, 5) is 11.4. The van der Waals surface area contributed by atoms with E-state index in [1.807, 2.05) is 0 Å². The number of carbonyl (C=O) groups excluding carboxylic acids is 1. The van der Waals surface area contributed by atoms with Crippen molar-refractivity contribution in [2.45, 2.75) is 13.8 Å². The van der Waals surface area contributed by atoms with Crippen molar-refractivity contribution in [3.05, 3.63) is 47.1 Å². The van der Waals surface area contributed by atoms with Gasteiger partial charge in [-0.05, 0) is 37.6 Å². The number of hydrogen-bond donors (Lipinski definition) is 0. The molecule has 0 N–H and O–H groups in total. The third-order valence-electron chi connectivity index (χ3n) is 2.06. The Bertz CT molecular complexity index is 591. The number of esters is 1. The number of ether oxygens (including phenoxy) is 1. The molecule has 19 heavy (non-hydrogen) atoms. The summed E-state index contributed by atoms with van der Waals surface area (Å²) in [5, 5.41) is 17.3. The van der Waals surface area contributed by atoms with E-state index in [0.29, 0.717) is 11.3 Å². The first-order valence-electron chi connectivity index (χ1n) is 5.54. The van der Waals surface area contributed by atoms with Crippen molar-refractivity contribution in [3.63, 3.8) is 0 Å². The van der Waals surface area contributed by atoms with E-state index >= 15 is 0 Å². The second kappa shape index (κ2) is 6.78. The van der Waals surface area contributed by atoms with Crippen LogP contribution in [0, 0.1) is 22.7 Å². The van der Waals surface area contributed by atoms with E-state index in [9.17, 15) is 4.79 Å². The summed E-state index contributed by atoms with van der Waals surface area (Å²) in [5.41, 5.74) is 1.58. The van der Waals surface area contributed by atoms with Gasteiger partial charge in [-0.25, -0.2) is 4.79 Å². The molecule has 1 aromatic rings. The fourth-order valence-corrected chi connectivity index (χ4v) is 1.27. The second-order valence-electron chi connectivity index (χ2n) is 3.99. The first kappa shape index (κ1) is 14.2. The summed E-state index contributed by atoms with van der Waals surface area (Å²) < 4.78 is 5.07. The molecule has 1 rings (SSSR count). The number of nitriles is 2. The van der Waals surface area contributed by atoms with Crippen LogP contribution in [0.15, 0.2) is 41.5 Å². The number of rotatable bonds is 3. The molecule has 0 aliphatic carbocycles. The van der Waals surface area contributed by atoms with E-state index in [1.165, 1.54) is 12.2 Å². The molecule has 0 bridgehead atoms. The number of benzene rings is 1. The summed E-state index contributed by atoms with van der Waals surface area (Å²) in [6.07, 6.45) is 2.86. The van der Waals surface area contributed by atoms with E-state index in [0.717, 1.165) is 5.57 Å².